The highest BCUT2D eigenvalue weighted by Crippen LogP contribution is 2.23. The van der Waals surface area contributed by atoms with Crippen LogP contribution in [0.15, 0.2) is 15.5 Å². The minimum Gasteiger partial charge on any atom is -0.435 e. The molecule has 0 bridgehead atoms. The molecule has 0 saturated heterocycles. The molecule has 5 nitrogen and oxygen atoms in total. The van der Waals surface area contributed by atoms with E-state index in [1.807, 2.05) is 0 Å². The van der Waals surface area contributed by atoms with Crippen molar-refractivity contribution in [2.24, 2.45) is 10.7 Å². The van der Waals surface area contributed by atoms with Crippen molar-refractivity contribution in [2.75, 3.05) is 5.32 Å². The van der Waals surface area contributed by atoms with E-state index >= 15 is 0 Å². The molecule has 2 rings (SSSR count). The summed E-state index contributed by atoms with van der Waals surface area (Å²) in [6, 6.07) is 1.60. The first-order chi connectivity index (χ1) is 5.77. The molecule has 0 aromatic carbocycles. The summed E-state index contributed by atoms with van der Waals surface area (Å²) in [6.07, 6.45) is 1.52. The summed E-state index contributed by atoms with van der Waals surface area (Å²) in [5, 5.41) is 2.77. The highest BCUT2D eigenvalue weighted by molar-refractivity contribution is 5.91. The Morgan fingerprint density at radius 2 is 2.58 bits per heavy atom. The van der Waals surface area contributed by atoms with Gasteiger partial charge in [-0.05, 0) is 6.07 Å². The number of hydrogen-bond donors (Lipinski definition) is 2. The van der Waals surface area contributed by atoms with Gasteiger partial charge in [-0.1, -0.05) is 0 Å². The minimum atomic E-state index is -0.564. The van der Waals surface area contributed by atoms with E-state index in [9.17, 15) is 4.79 Å². The molecule has 0 fully saturated rings. The number of rotatable bonds is 1. The van der Waals surface area contributed by atoms with E-state index in [1.165, 1.54) is 6.34 Å². The maximum atomic E-state index is 10.7. The van der Waals surface area contributed by atoms with Crippen LogP contribution in [0.5, 0.6) is 0 Å². The SMILES string of the molecule is NC(=O)c1cc2c(o1)NC=NC2. The van der Waals surface area contributed by atoms with Crippen LogP contribution in [-0.4, -0.2) is 12.2 Å². The number of primary amides is 1. The smallest absolute Gasteiger partial charge is 0.284 e. The topological polar surface area (TPSA) is 80.6 Å². The van der Waals surface area contributed by atoms with Gasteiger partial charge in [-0.15, -0.1) is 0 Å². The fourth-order valence-electron chi connectivity index (χ4n) is 1.04. The molecular formula is C7H7N3O2. The normalized spacial score (nSPS) is 13.7. The van der Waals surface area contributed by atoms with E-state index in [1.54, 1.807) is 6.07 Å². The molecule has 2 heterocycles. The summed E-state index contributed by atoms with van der Waals surface area (Å²) in [5.41, 5.74) is 5.88. The zero-order valence-electron chi connectivity index (χ0n) is 6.20. The third-order valence-corrected chi connectivity index (χ3v) is 1.60. The molecule has 1 aliphatic rings. The number of aliphatic imine (C=N–C) groups is 1. The molecule has 1 aromatic heterocycles. The van der Waals surface area contributed by atoms with E-state index in [2.05, 4.69) is 10.3 Å². The molecule has 1 amide bonds. The number of carbonyl (C=O) groups excluding carboxylic acids is 1. The van der Waals surface area contributed by atoms with Crippen molar-refractivity contribution in [3.05, 3.63) is 17.4 Å². The molecule has 0 aliphatic carbocycles. The molecular weight excluding hydrogens is 158 g/mol. The van der Waals surface area contributed by atoms with Crippen LogP contribution in [0.3, 0.4) is 0 Å². The van der Waals surface area contributed by atoms with Gasteiger partial charge in [-0.2, -0.15) is 0 Å². The summed E-state index contributed by atoms with van der Waals surface area (Å²) in [6.45, 7) is 0.527. The van der Waals surface area contributed by atoms with E-state index in [-0.39, 0.29) is 5.76 Å². The van der Waals surface area contributed by atoms with Gasteiger partial charge in [0.05, 0.1) is 12.9 Å². The fraction of sp³-hybridized carbons (Fsp3) is 0.143. The van der Waals surface area contributed by atoms with Gasteiger partial charge in [-0.25, -0.2) is 0 Å². The van der Waals surface area contributed by atoms with E-state index in [4.69, 9.17) is 10.2 Å². The summed E-state index contributed by atoms with van der Waals surface area (Å²) in [4.78, 5) is 14.6. The number of hydrogen-bond acceptors (Lipinski definition) is 4. The second-order valence-electron chi connectivity index (χ2n) is 2.44. The molecule has 0 radical (unpaired) electrons. The van der Waals surface area contributed by atoms with Crippen LogP contribution in [-0.2, 0) is 6.54 Å². The van der Waals surface area contributed by atoms with Crippen LogP contribution in [0.4, 0.5) is 5.88 Å². The molecule has 62 valence electrons. The lowest BCUT2D eigenvalue weighted by Crippen LogP contribution is -2.09. The summed E-state index contributed by atoms with van der Waals surface area (Å²) >= 11 is 0. The van der Waals surface area contributed by atoms with Crippen LogP contribution in [0.2, 0.25) is 0 Å². The van der Waals surface area contributed by atoms with Gasteiger partial charge < -0.3 is 15.5 Å². The van der Waals surface area contributed by atoms with Crippen molar-refractivity contribution in [1.29, 1.82) is 0 Å². The van der Waals surface area contributed by atoms with Gasteiger partial charge in [0.25, 0.3) is 5.91 Å². The highest BCUT2D eigenvalue weighted by Gasteiger charge is 2.14. The third kappa shape index (κ3) is 0.952. The highest BCUT2D eigenvalue weighted by atomic mass is 16.4. The van der Waals surface area contributed by atoms with Crippen molar-refractivity contribution in [3.8, 4) is 0 Å². The van der Waals surface area contributed by atoms with E-state index in [0.717, 1.165) is 5.56 Å². The van der Waals surface area contributed by atoms with Crippen LogP contribution < -0.4 is 11.1 Å². The Labute approximate surface area is 68.3 Å². The number of nitrogens with zero attached hydrogens (tertiary/aromatic N) is 1. The average molecular weight is 165 g/mol. The van der Waals surface area contributed by atoms with Gasteiger partial charge in [-0.3, -0.25) is 9.79 Å². The average Bonchev–Trinajstić information content (AvgIpc) is 2.46. The fourth-order valence-corrected chi connectivity index (χ4v) is 1.04. The van der Waals surface area contributed by atoms with E-state index in [0.29, 0.717) is 12.4 Å². The maximum Gasteiger partial charge on any atom is 0.284 e. The Morgan fingerprint density at radius 3 is 3.25 bits per heavy atom. The summed E-state index contributed by atoms with van der Waals surface area (Å²) in [7, 11) is 0. The molecule has 0 saturated carbocycles. The van der Waals surface area contributed by atoms with Crippen LogP contribution in [0.25, 0.3) is 0 Å². The number of anilines is 1. The minimum absolute atomic E-state index is 0.165. The number of carbonyl (C=O) groups is 1. The molecule has 0 unspecified atom stereocenters. The predicted molar refractivity (Wildman–Crippen MR) is 43.0 cm³/mol. The number of fused-ring (bicyclic) bond motifs is 1. The monoisotopic (exact) mass is 165 g/mol. The Hall–Kier alpha value is -1.78. The second-order valence-corrected chi connectivity index (χ2v) is 2.44. The first-order valence-electron chi connectivity index (χ1n) is 3.45. The van der Waals surface area contributed by atoms with Crippen molar-refractivity contribution >= 4 is 18.1 Å². The predicted octanol–water partition coefficient (Wildman–Crippen LogP) is 0.332. The lowest BCUT2D eigenvalue weighted by molar-refractivity contribution is 0.0975. The number of nitrogens with two attached hydrogens (primary N) is 1. The van der Waals surface area contributed by atoms with Gasteiger partial charge in [0.2, 0.25) is 5.88 Å². The first kappa shape index (κ1) is 6.90. The first-order valence-corrected chi connectivity index (χ1v) is 3.45. The summed E-state index contributed by atoms with van der Waals surface area (Å²) < 4.78 is 5.09. The van der Waals surface area contributed by atoms with Crippen LogP contribution in [0.1, 0.15) is 16.1 Å². The zero-order valence-corrected chi connectivity index (χ0v) is 6.20. The van der Waals surface area contributed by atoms with Gasteiger partial charge >= 0.3 is 0 Å². The summed E-state index contributed by atoms with van der Waals surface area (Å²) in [5.74, 6) is 0.156. The van der Waals surface area contributed by atoms with Gasteiger partial charge in [0, 0.05) is 5.56 Å². The third-order valence-electron chi connectivity index (χ3n) is 1.60. The Bertz CT molecular complexity index is 328. The largest absolute Gasteiger partial charge is 0.435 e. The molecule has 1 aromatic rings. The quantitative estimate of drug-likeness (QED) is 0.629. The molecule has 3 N–H and O–H groups in total. The molecule has 1 aliphatic heterocycles. The number of furan rings is 1. The second kappa shape index (κ2) is 2.37. The van der Waals surface area contributed by atoms with Gasteiger partial charge in [0.1, 0.15) is 0 Å². The zero-order chi connectivity index (χ0) is 8.55. The Balaban J connectivity index is 2.41. The molecule has 5 heteroatoms. The number of nitrogens with one attached hydrogen (secondary N) is 1. The molecule has 0 atom stereocenters. The van der Waals surface area contributed by atoms with Crippen LogP contribution >= 0.6 is 0 Å². The van der Waals surface area contributed by atoms with Crippen LogP contribution in [0, 0.1) is 0 Å². The number of amides is 1. The maximum absolute atomic E-state index is 10.7. The Kier molecular flexibility index (Phi) is 1.36. The lowest BCUT2D eigenvalue weighted by Gasteiger charge is -2.02. The van der Waals surface area contributed by atoms with Crippen molar-refractivity contribution in [3.63, 3.8) is 0 Å². The molecule has 12 heavy (non-hydrogen) atoms. The van der Waals surface area contributed by atoms with Crippen molar-refractivity contribution in [2.45, 2.75) is 6.54 Å². The van der Waals surface area contributed by atoms with Gasteiger partial charge in [0.15, 0.2) is 5.76 Å². The van der Waals surface area contributed by atoms with Crippen molar-refractivity contribution in [1.82, 2.24) is 0 Å². The lowest BCUT2D eigenvalue weighted by atomic mass is 10.3. The standard InChI is InChI=1S/C7H7N3O2/c8-6(11)5-1-4-2-9-3-10-7(4)12-5/h1,3H,2H2,(H2,8,11)(H,9,10). The van der Waals surface area contributed by atoms with Crippen molar-refractivity contribution < 1.29 is 9.21 Å². The molecule has 0 spiro atoms. The van der Waals surface area contributed by atoms with E-state index < -0.39 is 5.91 Å². The Morgan fingerprint density at radius 1 is 1.75 bits per heavy atom.